The molecule has 0 fully saturated rings. The molecule has 0 bridgehead atoms. The summed E-state index contributed by atoms with van der Waals surface area (Å²) in [6, 6.07) is 6.62. The fourth-order valence-corrected chi connectivity index (χ4v) is 1.96. The minimum atomic E-state index is -0.595. The van der Waals surface area contributed by atoms with E-state index >= 15 is 0 Å². The Kier molecular flexibility index (Phi) is 3.80. The Bertz CT molecular complexity index is 821. The number of halogens is 1. The quantitative estimate of drug-likeness (QED) is 0.639. The molecular formula is C14H10FN3O3. The molecule has 2 aromatic rings. The molecule has 0 unspecified atom stereocenters. The Morgan fingerprint density at radius 1 is 1.43 bits per heavy atom. The fraction of sp³-hybridized carbons (Fsp3) is 0.143. The zero-order chi connectivity index (χ0) is 15.6. The van der Waals surface area contributed by atoms with E-state index in [9.17, 15) is 19.3 Å². The molecule has 1 heterocycles. The van der Waals surface area contributed by atoms with Gasteiger partial charge in [-0.3, -0.25) is 14.9 Å². The minimum absolute atomic E-state index is 0.111. The molecule has 0 saturated heterocycles. The van der Waals surface area contributed by atoms with E-state index in [2.05, 4.69) is 0 Å². The predicted molar refractivity (Wildman–Crippen MR) is 72.3 cm³/mol. The van der Waals surface area contributed by atoms with Gasteiger partial charge in [-0.2, -0.15) is 5.26 Å². The molecule has 0 radical (unpaired) electrons. The van der Waals surface area contributed by atoms with Gasteiger partial charge in [-0.25, -0.2) is 4.39 Å². The molecule has 0 aliphatic carbocycles. The van der Waals surface area contributed by atoms with Gasteiger partial charge in [0.15, 0.2) is 0 Å². The average Bonchev–Trinajstić information content (AvgIpc) is 2.41. The van der Waals surface area contributed by atoms with Gasteiger partial charge in [0.1, 0.15) is 5.82 Å². The molecular weight excluding hydrogens is 277 g/mol. The SMILES string of the molecule is Cc1cc(=O)n(Cc2cc(F)ccc2C#N)cc1[N+](=O)[O-]. The lowest BCUT2D eigenvalue weighted by Gasteiger charge is -2.08. The van der Waals surface area contributed by atoms with Gasteiger partial charge in [0.25, 0.3) is 11.2 Å². The van der Waals surface area contributed by atoms with Crippen LogP contribution in [-0.4, -0.2) is 9.49 Å². The van der Waals surface area contributed by atoms with E-state index in [-0.39, 0.29) is 28.9 Å². The molecule has 0 aliphatic rings. The molecule has 2 rings (SSSR count). The topological polar surface area (TPSA) is 88.9 Å². The summed E-state index contributed by atoms with van der Waals surface area (Å²) < 4.78 is 14.3. The first kappa shape index (κ1) is 14.4. The van der Waals surface area contributed by atoms with E-state index in [1.54, 1.807) is 0 Å². The van der Waals surface area contributed by atoms with Crippen LogP contribution in [-0.2, 0) is 6.54 Å². The van der Waals surface area contributed by atoms with Crippen LogP contribution < -0.4 is 5.56 Å². The van der Waals surface area contributed by atoms with Crippen LogP contribution in [0.5, 0.6) is 0 Å². The first-order valence-electron chi connectivity index (χ1n) is 5.96. The summed E-state index contributed by atoms with van der Waals surface area (Å²) in [5.74, 6) is -0.543. The highest BCUT2D eigenvalue weighted by atomic mass is 19.1. The maximum atomic E-state index is 13.3. The van der Waals surface area contributed by atoms with Crippen molar-refractivity contribution in [2.24, 2.45) is 0 Å². The highest BCUT2D eigenvalue weighted by Gasteiger charge is 2.14. The second-order valence-corrected chi connectivity index (χ2v) is 4.48. The minimum Gasteiger partial charge on any atom is -0.304 e. The first-order valence-corrected chi connectivity index (χ1v) is 5.96. The van der Waals surface area contributed by atoms with Crippen LogP contribution in [0.25, 0.3) is 0 Å². The van der Waals surface area contributed by atoms with Crippen LogP contribution in [0.3, 0.4) is 0 Å². The Hall–Kier alpha value is -3.01. The second kappa shape index (κ2) is 5.54. The molecule has 0 N–H and O–H groups in total. The van der Waals surface area contributed by atoms with Crippen molar-refractivity contribution in [3.8, 4) is 6.07 Å². The molecule has 1 aromatic heterocycles. The lowest BCUT2D eigenvalue weighted by atomic mass is 10.1. The molecule has 0 aliphatic heterocycles. The number of hydrogen-bond acceptors (Lipinski definition) is 4. The Balaban J connectivity index is 2.52. The molecule has 0 amide bonds. The standard InChI is InChI=1S/C14H10FN3O3/c1-9-4-14(19)17(8-13(9)18(20)21)7-11-5-12(15)3-2-10(11)6-16/h2-5,8H,7H2,1H3. The Labute approximate surface area is 118 Å². The number of aryl methyl sites for hydroxylation is 1. The molecule has 7 heteroatoms. The zero-order valence-electron chi connectivity index (χ0n) is 11.0. The summed E-state index contributed by atoms with van der Waals surface area (Å²) in [6.45, 7) is 1.35. The van der Waals surface area contributed by atoms with Crippen molar-refractivity contribution in [3.05, 3.63) is 73.4 Å². The van der Waals surface area contributed by atoms with E-state index in [4.69, 9.17) is 5.26 Å². The predicted octanol–water partition coefficient (Wildman–Crippen LogP) is 2.12. The van der Waals surface area contributed by atoms with Gasteiger partial charge in [0, 0.05) is 11.6 Å². The van der Waals surface area contributed by atoms with Crippen molar-refractivity contribution < 1.29 is 9.31 Å². The van der Waals surface area contributed by atoms with Crippen LogP contribution in [0.4, 0.5) is 10.1 Å². The molecule has 106 valence electrons. The molecule has 21 heavy (non-hydrogen) atoms. The maximum Gasteiger partial charge on any atom is 0.288 e. The number of nitrogens with zero attached hydrogens (tertiary/aromatic N) is 3. The van der Waals surface area contributed by atoms with Crippen LogP contribution in [0, 0.1) is 34.2 Å². The smallest absolute Gasteiger partial charge is 0.288 e. The van der Waals surface area contributed by atoms with Gasteiger partial charge < -0.3 is 4.57 Å². The van der Waals surface area contributed by atoms with E-state index < -0.39 is 16.3 Å². The van der Waals surface area contributed by atoms with Gasteiger partial charge in [-0.05, 0) is 30.7 Å². The summed E-state index contributed by atoms with van der Waals surface area (Å²) >= 11 is 0. The number of pyridine rings is 1. The van der Waals surface area contributed by atoms with Gasteiger partial charge >= 0.3 is 0 Å². The van der Waals surface area contributed by atoms with Gasteiger partial charge in [0.05, 0.1) is 29.3 Å². The number of hydrogen-bond donors (Lipinski definition) is 0. The van der Waals surface area contributed by atoms with Crippen molar-refractivity contribution in [1.82, 2.24) is 4.57 Å². The maximum absolute atomic E-state index is 13.3. The summed E-state index contributed by atoms with van der Waals surface area (Å²) in [4.78, 5) is 22.2. The Morgan fingerprint density at radius 3 is 2.76 bits per heavy atom. The molecule has 0 spiro atoms. The Morgan fingerprint density at radius 2 is 2.14 bits per heavy atom. The van der Waals surface area contributed by atoms with Crippen LogP contribution in [0.15, 0.2) is 35.3 Å². The number of rotatable bonds is 3. The lowest BCUT2D eigenvalue weighted by Crippen LogP contribution is -2.21. The number of aromatic nitrogens is 1. The zero-order valence-corrected chi connectivity index (χ0v) is 11.0. The van der Waals surface area contributed by atoms with Crippen LogP contribution in [0.1, 0.15) is 16.7 Å². The van der Waals surface area contributed by atoms with E-state index in [0.717, 1.165) is 29.0 Å². The third-order valence-corrected chi connectivity index (χ3v) is 3.03. The summed E-state index contributed by atoms with van der Waals surface area (Å²) in [5, 5.41) is 19.9. The monoisotopic (exact) mass is 287 g/mol. The highest BCUT2D eigenvalue weighted by Crippen LogP contribution is 2.16. The summed E-state index contributed by atoms with van der Waals surface area (Å²) in [7, 11) is 0. The highest BCUT2D eigenvalue weighted by molar-refractivity contribution is 5.39. The van der Waals surface area contributed by atoms with Crippen LogP contribution >= 0.6 is 0 Å². The van der Waals surface area contributed by atoms with Crippen molar-refractivity contribution in [2.45, 2.75) is 13.5 Å². The van der Waals surface area contributed by atoms with Crippen molar-refractivity contribution in [2.75, 3.05) is 0 Å². The fourth-order valence-electron chi connectivity index (χ4n) is 1.96. The van der Waals surface area contributed by atoms with Gasteiger partial charge in [-0.15, -0.1) is 0 Å². The number of nitro groups is 1. The molecule has 0 saturated carbocycles. The van der Waals surface area contributed by atoms with Crippen molar-refractivity contribution in [3.63, 3.8) is 0 Å². The third kappa shape index (κ3) is 2.95. The van der Waals surface area contributed by atoms with Crippen molar-refractivity contribution >= 4 is 5.69 Å². The number of nitriles is 1. The molecule has 6 nitrogen and oxygen atoms in total. The molecule has 0 atom stereocenters. The lowest BCUT2D eigenvalue weighted by molar-refractivity contribution is -0.385. The second-order valence-electron chi connectivity index (χ2n) is 4.48. The first-order chi connectivity index (χ1) is 9.92. The van der Waals surface area contributed by atoms with E-state index in [0.29, 0.717) is 0 Å². The van der Waals surface area contributed by atoms with Crippen molar-refractivity contribution in [1.29, 1.82) is 5.26 Å². The third-order valence-electron chi connectivity index (χ3n) is 3.03. The summed E-state index contributed by atoms with van der Waals surface area (Å²) in [5.41, 5.74) is 0.0982. The van der Waals surface area contributed by atoms with E-state index in [1.165, 1.54) is 13.0 Å². The summed E-state index contributed by atoms with van der Waals surface area (Å²) in [6.07, 6.45) is 1.10. The van der Waals surface area contributed by atoms with Crippen LogP contribution in [0.2, 0.25) is 0 Å². The average molecular weight is 287 g/mol. The largest absolute Gasteiger partial charge is 0.304 e. The van der Waals surface area contributed by atoms with E-state index in [1.807, 2.05) is 6.07 Å². The number of benzene rings is 1. The van der Waals surface area contributed by atoms with Gasteiger partial charge in [0.2, 0.25) is 0 Å². The van der Waals surface area contributed by atoms with Gasteiger partial charge in [-0.1, -0.05) is 0 Å². The molecule has 1 aromatic carbocycles. The normalized spacial score (nSPS) is 10.1.